The van der Waals surface area contributed by atoms with Crippen LogP contribution in [0.3, 0.4) is 0 Å². The molecule has 0 bridgehead atoms. The van der Waals surface area contributed by atoms with Crippen molar-refractivity contribution in [3.05, 3.63) is 0 Å². The Morgan fingerprint density at radius 3 is 2.00 bits per heavy atom. The Kier molecular flexibility index (Phi) is 4.24. The average molecular weight is 192 g/mol. The molecule has 0 saturated heterocycles. The molecule has 0 amide bonds. The standard InChI is InChI=1S/C9H20O2S/c1-5-6-9(2,3)7-8-12(4,10)11/h5-8H2,1-4H3. The zero-order valence-electron chi connectivity index (χ0n) is 8.55. The van der Waals surface area contributed by atoms with Crippen LogP contribution in [-0.2, 0) is 9.84 Å². The second-order valence-electron chi connectivity index (χ2n) is 4.29. The van der Waals surface area contributed by atoms with Gasteiger partial charge in [0, 0.05) is 6.26 Å². The number of sulfone groups is 1. The van der Waals surface area contributed by atoms with Crippen molar-refractivity contribution >= 4 is 9.84 Å². The Labute approximate surface area is 76.3 Å². The highest BCUT2D eigenvalue weighted by Gasteiger charge is 2.18. The second kappa shape index (κ2) is 4.26. The van der Waals surface area contributed by atoms with E-state index in [0.717, 1.165) is 19.3 Å². The van der Waals surface area contributed by atoms with Gasteiger partial charge in [-0.05, 0) is 18.3 Å². The van der Waals surface area contributed by atoms with Crippen LogP contribution in [-0.4, -0.2) is 20.4 Å². The maximum Gasteiger partial charge on any atom is 0.147 e. The van der Waals surface area contributed by atoms with E-state index in [1.54, 1.807) is 0 Å². The van der Waals surface area contributed by atoms with E-state index in [2.05, 4.69) is 20.8 Å². The highest BCUT2D eigenvalue weighted by atomic mass is 32.2. The summed E-state index contributed by atoms with van der Waals surface area (Å²) >= 11 is 0. The summed E-state index contributed by atoms with van der Waals surface area (Å²) in [6, 6.07) is 0. The summed E-state index contributed by atoms with van der Waals surface area (Å²) in [7, 11) is -2.78. The SMILES string of the molecule is CCCC(C)(C)CCS(C)(=O)=O. The lowest BCUT2D eigenvalue weighted by molar-refractivity contribution is 0.319. The van der Waals surface area contributed by atoms with Gasteiger partial charge in [-0.2, -0.15) is 0 Å². The first kappa shape index (κ1) is 11.9. The molecule has 0 aliphatic carbocycles. The molecule has 0 fully saturated rings. The summed E-state index contributed by atoms with van der Waals surface area (Å²) < 4.78 is 21.8. The van der Waals surface area contributed by atoms with Crippen molar-refractivity contribution in [3.63, 3.8) is 0 Å². The van der Waals surface area contributed by atoms with Gasteiger partial charge in [0.2, 0.25) is 0 Å². The summed E-state index contributed by atoms with van der Waals surface area (Å²) in [6.45, 7) is 6.38. The molecule has 0 aromatic rings. The molecular formula is C9H20O2S. The lowest BCUT2D eigenvalue weighted by Crippen LogP contribution is -2.16. The summed E-state index contributed by atoms with van der Waals surface area (Å²) in [5, 5.41) is 0. The summed E-state index contributed by atoms with van der Waals surface area (Å²) in [4.78, 5) is 0. The van der Waals surface area contributed by atoms with Crippen LogP contribution in [0.15, 0.2) is 0 Å². The third-order valence-electron chi connectivity index (χ3n) is 2.08. The van der Waals surface area contributed by atoms with Crippen LogP contribution in [0.25, 0.3) is 0 Å². The van der Waals surface area contributed by atoms with Crippen molar-refractivity contribution < 1.29 is 8.42 Å². The van der Waals surface area contributed by atoms with Gasteiger partial charge >= 0.3 is 0 Å². The monoisotopic (exact) mass is 192 g/mol. The van der Waals surface area contributed by atoms with Gasteiger partial charge in [0.25, 0.3) is 0 Å². The van der Waals surface area contributed by atoms with Crippen LogP contribution in [0, 0.1) is 5.41 Å². The Hall–Kier alpha value is -0.0500. The van der Waals surface area contributed by atoms with Crippen LogP contribution in [0.5, 0.6) is 0 Å². The maximum absolute atomic E-state index is 10.9. The minimum atomic E-state index is -2.78. The molecule has 0 aromatic carbocycles. The quantitative estimate of drug-likeness (QED) is 0.669. The predicted octanol–water partition coefficient (Wildman–Crippen LogP) is 2.25. The van der Waals surface area contributed by atoms with E-state index in [1.807, 2.05) is 0 Å². The fourth-order valence-corrected chi connectivity index (χ4v) is 2.19. The van der Waals surface area contributed by atoms with Crippen molar-refractivity contribution in [2.45, 2.75) is 40.0 Å². The average Bonchev–Trinajstić information content (AvgIpc) is 1.83. The first-order valence-electron chi connectivity index (χ1n) is 4.44. The van der Waals surface area contributed by atoms with Crippen LogP contribution >= 0.6 is 0 Å². The normalized spacial score (nSPS) is 13.3. The molecule has 0 spiro atoms. The van der Waals surface area contributed by atoms with Crippen molar-refractivity contribution in [2.75, 3.05) is 12.0 Å². The molecule has 74 valence electrons. The predicted molar refractivity (Wildman–Crippen MR) is 53.0 cm³/mol. The van der Waals surface area contributed by atoms with Gasteiger partial charge in [-0.25, -0.2) is 8.42 Å². The van der Waals surface area contributed by atoms with Crippen molar-refractivity contribution in [3.8, 4) is 0 Å². The Bertz CT molecular complexity index is 215. The maximum atomic E-state index is 10.9. The number of hydrogen-bond donors (Lipinski definition) is 0. The van der Waals surface area contributed by atoms with E-state index in [4.69, 9.17) is 0 Å². The van der Waals surface area contributed by atoms with Gasteiger partial charge in [0.05, 0.1) is 5.75 Å². The summed E-state index contributed by atoms with van der Waals surface area (Å²) in [5.41, 5.74) is 0.178. The van der Waals surface area contributed by atoms with E-state index in [-0.39, 0.29) is 5.41 Å². The smallest absolute Gasteiger partial charge is 0.147 e. The largest absolute Gasteiger partial charge is 0.229 e. The molecule has 12 heavy (non-hydrogen) atoms. The molecule has 3 heteroatoms. The van der Waals surface area contributed by atoms with Crippen LogP contribution in [0.2, 0.25) is 0 Å². The first-order valence-corrected chi connectivity index (χ1v) is 6.50. The molecule has 0 N–H and O–H groups in total. The van der Waals surface area contributed by atoms with Gasteiger partial charge < -0.3 is 0 Å². The molecule has 0 aromatic heterocycles. The van der Waals surface area contributed by atoms with Crippen LogP contribution < -0.4 is 0 Å². The molecule has 0 aliphatic heterocycles. The lowest BCUT2D eigenvalue weighted by Gasteiger charge is -2.23. The van der Waals surface area contributed by atoms with Gasteiger partial charge in [-0.15, -0.1) is 0 Å². The Morgan fingerprint density at radius 1 is 1.17 bits per heavy atom. The molecule has 0 rings (SSSR count). The van der Waals surface area contributed by atoms with Crippen LogP contribution in [0.1, 0.15) is 40.0 Å². The van der Waals surface area contributed by atoms with Crippen LogP contribution in [0.4, 0.5) is 0 Å². The van der Waals surface area contributed by atoms with Crippen molar-refractivity contribution in [1.82, 2.24) is 0 Å². The van der Waals surface area contributed by atoms with E-state index in [0.29, 0.717) is 5.75 Å². The van der Waals surface area contributed by atoms with E-state index in [1.165, 1.54) is 6.26 Å². The Balaban J connectivity index is 3.92. The molecule has 2 nitrogen and oxygen atoms in total. The second-order valence-corrected chi connectivity index (χ2v) is 6.55. The highest BCUT2D eigenvalue weighted by molar-refractivity contribution is 7.90. The van der Waals surface area contributed by atoms with Gasteiger partial charge in [-0.1, -0.05) is 27.2 Å². The van der Waals surface area contributed by atoms with Gasteiger partial charge in [-0.3, -0.25) is 0 Å². The fraction of sp³-hybridized carbons (Fsp3) is 1.00. The minimum absolute atomic E-state index is 0.178. The van der Waals surface area contributed by atoms with Gasteiger partial charge in [0.15, 0.2) is 0 Å². The zero-order chi connectivity index (χ0) is 9.83. The summed E-state index contributed by atoms with van der Waals surface area (Å²) in [6.07, 6.45) is 4.30. The third-order valence-corrected chi connectivity index (χ3v) is 3.02. The van der Waals surface area contributed by atoms with E-state index in [9.17, 15) is 8.42 Å². The van der Waals surface area contributed by atoms with E-state index >= 15 is 0 Å². The fourth-order valence-electron chi connectivity index (χ4n) is 1.26. The third kappa shape index (κ3) is 6.65. The van der Waals surface area contributed by atoms with Gasteiger partial charge in [0.1, 0.15) is 9.84 Å². The molecule has 0 saturated carbocycles. The van der Waals surface area contributed by atoms with E-state index < -0.39 is 9.84 Å². The molecular weight excluding hydrogens is 172 g/mol. The highest BCUT2D eigenvalue weighted by Crippen LogP contribution is 2.26. The number of hydrogen-bond acceptors (Lipinski definition) is 2. The van der Waals surface area contributed by atoms with Crippen molar-refractivity contribution in [1.29, 1.82) is 0 Å². The topological polar surface area (TPSA) is 34.1 Å². The molecule has 0 unspecified atom stereocenters. The lowest BCUT2D eigenvalue weighted by atomic mass is 9.85. The minimum Gasteiger partial charge on any atom is -0.229 e. The first-order chi connectivity index (χ1) is 5.27. The zero-order valence-corrected chi connectivity index (χ0v) is 9.37. The molecule has 0 atom stereocenters. The molecule has 0 aliphatic rings. The number of rotatable bonds is 5. The summed E-state index contributed by atoms with van der Waals surface area (Å²) in [5.74, 6) is 0.319. The Morgan fingerprint density at radius 2 is 1.67 bits per heavy atom. The molecule has 0 radical (unpaired) electrons. The van der Waals surface area contributed by atoms with Crippen molar-refractivity contribution in [2.24, 2.45) is 5.41 Å². The molecule has 0 heterocycles.